The van der Waals surface area contributed by atoms with Crippen LogP contribution in [0.5, 0.6) is 0 Å². The third-order valence-corrected chi connectivity index (χ3v) is 26.6. The van der Waals surface area contributed by atoms with E-state index in [0.717, 1.165) is 25.7 Å². The van der Waals surface area contributed by atoms with Crippen molar-refractivity contribution in [3.8, 4) is 0 Å². The lowest BCUT2D eigenvalue weighted by atomic mass is 9.41. The molecule has 12 fully saturated rings. The second-order valence-corrected chi connectivity index (χ2v) is 31.9. The number of hydrogen-bond acceptors (Lipinski definition) is 32. The minimum Gasteiger partial charge on any atom is -0.396 e. The van der Waals surface area contributed by atoms with E-state index in [1.165, 1.54) is 13.8 Å². The van der Waals surface area contributed by atoms with Gasteiger partial charge in [-0.1, -0.05) is 20.8 Å². The normalized spacial score (nSPS) is 57.7. The molecule has 42 atom stereocenters. The van der Waals surface area contributed by atoms with Gasteiger partial charge in [-0.05, 0) is 131 Å². The standard InChI is InChI=1S/C65H108O32/c1-23-36(69)43(76)49(82)54(88-23)86-19-31-42(75)47(80)53(96-56-50(83)44(77)37(70)24(2)89-56)59(94-31)95-34-11-13-64-21-65(64)15-14-62(6)25(10-12-63(62,7)33(65)9-8-32(64)61(34,5)22-68)35-27(16-26(38(35)71)60(3,4)85)90-58-52(97-57-51(84)45(78)39(72)28(17-66)92-57)46(79)41(74)30(93-58)20-87-55-48(81)40(73)29(18-67)91-55/h23-59,66-85H,8-22H2,1-7H3. The van der Waals surface area contributed by atoms with Gasteiger partial charge in [0, 0.05) is 17.3 Å². The van der Waals surface area contributed by atoms with Crippen LogP contribution in [-0.2, 0) is 56.8 Å². The minimum absolute atomic E-state index is 0.0555. The molecular weight excluding hydrogens is 1290 g/mol. The van der Waals surface area contributed by atoms with Crippen molar-refractivity contribution in [3.63, 3.8) is 0 Å². The van der Waals surface area contributed by atoms with E-state index in [-0.39, 0.29) is 47.0 Å². The van der Waals surface area contributed by atoms with Crippen molar-refractivity contribution in [1.29, 1.82) is 0 Å². The van der Waals surface area contributed by atoms with Crippen LogP contribution in [0.1, 0.15) is 113 Å². The van der Waals surface area contributed by atoms with Crippen LogP contribution in [-0.4, -0.2) is 337 Å². The van der Waals surface area contributed by atoms with Crippen molar-refractivity contribution in [3.05, 3.63) is 0 Å². The predicted octanol–water partition coefficient (Wildman–Crippen LogP) is -6.47. The Hall–Kier alpha value is -1.28. The number of aliphatic hydroxyl groups excluding tert-OH is 19. The lowest BCUT2D eigenvalue weighted by molar-refractivity contribution is -0.380. The van der Waals surface area contributed by atoms with Gasteiger partial charge in [-0.3, -0.25) is 0 Å². The van der Waals surface area contributed by atoms with Crippen LogP contribution in [0.3, 0.4) is 0 Å². The first-order chi connectivity index (χ1) is 45.6. The minimum atomic E-state index is -1.96. The van der Waals surface area contributed by atoms with E-state index < -0.39 is 251 Å². The third kappa shape index (κ3) is 12.5. The molecule has 32 nitrogen and oxygen atoms in total. The summed E-state index contributed by atoms with van der Waals surface area (Å²) in [4.78, 5) is 0. The topological polar surface area (TPSA) is 515 Å². The Morgan fingerprint density at radius 2 is 0.856 bits per heavy atom. The Balaban J connectivity index is 0.793. The molecule has 12 aliphatic rings. The van der Waals surface area contributed by atoms with Gasteiger partial charge in [0.25, 0.3) is 0 Å². The van der Waals surface area contributed by atoms with E-state index >= 15 is 0 Å². The first kappa shape index (κ1) is 75.4. The molecule has 0 aromatic carbocycles. The monoisotopic (exact) mass is 1400 g/mol. The number of aliphatic hydroxyl groups is 20. The van der Waals surface area contributed by atoms with Crippen molar-refractivity contribution < 1.29 is 159 Å². The zero-order valence-electron chi connectivity index (χ0n) is 55.8. The SMILES string of the molecule is CC1OC(OCC2OC(OC3CCC45CC46CCC4(C)C(C7C(OC8OC(COC9OC(CO)C(O)C9O)C(O)C(O)C8OC8OC(CO)C(O)C(O)C8O)CC(C(C)(C)O)C7O)CCC4(C)C6CCC5C3(C)CO)C(OC3OC(C)C(O)C(O)C3O)C(O)C2O)C(O)C(O)C1O. The number of rotatable bonds is 19. The van der Waals surface area contributed by atoms with Crippen molar-refractivity contribution in [1.82, 2.24) is 0 Å². The van der Waals surface area contributed by atoms with Gasteiger partial charge >= 0.3 is 0 Å². The van der Waals surface area contributed by atoms with E-state index in [1.807, 2.05) is 6.92 Å². The molecule has 6 aliphatic heterocycles. The first-order valence-corrected chi connectivity index (χ1v) is 34.8. The molecule has 0 aromatic rings. The molecule has 560 valence electrons. The third-order valence-electron chi connectivity index (χ3n) is 26.6. The highest BCUT2D eigenvalue weighted by atomic mass is 16.8. The lowest BCUT2D eigenvalue weighted by Gasteiger charge is -2.64. The zero-order valence-corrected chi connectivity index (χ0v) is 55.8. The molecule has 0 amide bonds. The largest absolute Gasteiger partial charge is 0.396 e. The van der Waals surface area contributed by atoms with Gasteiger partial charge in [0.1, 0.15) is 128 Å². The highest BCUT2D eigenvalue weighted by Crippen LogP contribution is 2.89. The van der Waals surface area contributed by atoms with Crippen molar-refractivity contribution in [2.75, 3.05) is 33.0 Å². The molecule has 0 aromatic heterocycles. The fraction of sp³-hybridized carbons (Fsp3) is 1.00. The van der Waals surface area contributed by atoms with Crippen LogP contribution < -0.4 is 0 Å². The van der Waals surface area contributed by atoms with Crippen molar-refractivity contribution in [2.24, 2.45) is 56.7 Å². The summed E-state index contributed by atoms with van der Waals surface area (Å²) in [6.45, 7) is 9.70. The summed E-state index contributed by atoms with van der Waals surface area (Å²) in [6, 6.07) is 0. The maximum Gasteiger partial charge on any atom is 0.187 e. The highest BCUT2D eigenvalue weighted by Gasteiger charge is 2.83. The molecule has 0 bridgehead atoms. The maximum atomic E-state index is 12.8. The smallest absolute Gasteiger partial charge is 0.187 e. The van der Waals surface area contributed by atoms with Gasteiger partial charge in [-0.15, -0.1) is 0 Å². The van der Waals surface area contributed by atoms with E-state index in [1.54, 1.807) is 13.8 Å². The molecule has 2 spiro atoms. The van der Waals surface area contributed by atoms with Gasteiger partial charge in [-0.25, -0.2) is 0 Å². The van der Waals surface area contributed by atoms with Crippen LogP contribution >= 0.6 is 0 Å². The summed E-state index contributed by atoms with van der Waals surface area (Å²) in [5.74, 6) is -1.76. The summed E-state index contributed by atoms with van der Waals surface area (Å²) in [5.41, 5.74) is -3.78. The van der Waals surface area contributed by atoms with E-state index in [2.05, 4.69) is 13.8 Å². The van der Waals surface area contributed by atoms with Gasteiger partial charge < -0.3 is 159 Å². The summed E-state index contributed by atoms with van der Waals surface area (Å²) in [7, 11) is 0. The fourth-order valence-electron chi connectivity index (χ4n) is 20.7. The van der Waals surface area contributed by atoms with Gasteiger partial charge in [0.15, 0.2) is 37.7 Å². The molecule has 6 heterocycles. The summed E-state index contributed by atoms with van der Waals surface area (Å²) in [6.07, 6.45) is -43.6. The van der Waals surface area contributed by atoms with Gasteiger partial charge in [0.2, 0.25) is 0 Å². The molecule has 6 saturated heterocycles. The molecule has 12 rings (SSSR count). The van der Waals surface area contributed by atoms with Crippen molar-refractivity contribution >= 4 is 0 Å². The summed E-state index contributed by atoms with van der Waals surface area (Å²) >= 11 is 0. The fourth-order valence-corrected chi connectivity index (χ4v) is 20.7. The molecule has 42 unspecified atom stereocenters. The number of fused-ring (bicyclic) bond motifs is 2. The Morgan fingerprint density at radius 1 is 0.412 bits per heavy atom. The second-order valence-electron chi connectivity index (χ2n) is 31.9. The quantitative estimate of drug-likeness (QED) is 0.0535. The molecular formula is C65H108O32. The predicted molar refractivity (Wildman–Crippen MR) is 321 cm³/mol. The summed E-state index contributed by atoms with van der Waals surface area (Å²) < 4.78 is 73.4. The first-order valence-electron chi connectivity index (χ1n) is 34.8. The molecule has 97 heavy (non-hydrogen) atoms. The summed E-state index contributed by atoms with van der Waals surface area (Å²) in [5, 5.41) is 221. The molecule has 6 saturated carbocycles. The average molecular weight is 1400 g/mol. The van der Waals surface area contributed by atoms with Crippen LogP contribution in [0.2, 0.25) is 0 Å². The van der Waals surface area contributed by atoms with E-state index in [4.69, 9.17) is 56.8 Å². The molecule has 0 radical (unpaired) electrons. The molecule has 32 heteroatoms. The van der Waals surface area contributed by atoms with Crippen molar-refractivity contribution in [2.45, 2.75) is 315 Å². The Kier molecular flexibility index (Phi) is 21.7. The highest BCUT2D eigenvalue weighted by molar-refractivity contribution is 5.31. The average Bonchev–Trinajstić information content (AvgIpc) is 1.46. The second kappa shape index (κ2) is 27.9. The Bertz CT molecular complexity index is 2670. The zero-order chi connectivity index (χ0) is 70.5. The van der Waals surface area contributed by atoms with E-state index in [9.17, 15) is 102 Å². The van der Waals surface area contributed by atoms with Gasteiger partial charge in [0.05, 0.1) is 69.2 Å². The number of hydrogen-bond donors (Lipinski definition) is 20. The Morgan fingerprint density at radius 3 is 1.40 bits per heavy atom. The van der Waals surface area contributed by atoms with Crippen LogP contribution in [0.15, 0.2) is 0 Å². The maximum absolute atomic E-state index is 12.8. The van der Waals surface area contributed by atoms with Crippen LogP contribution in [0, 0.1) is 56.7 Å². The molecule has 20 N–H and O–H groups in total. The van der Waals surface area contributed by atoms with Crippen LogP contribution in [0.25, 0.3) is 0 Å². The van der Waals surface area contributed by atoms with E-state index in [0.29, 0.717) is 32.1 Å². The van der Waals surface area contributed by atoms with Crippen LogP contribution in [0.4, 0.5) is 0 Å². The number of ether oxygens (including phenoxy) is 12. The molecule has 6 aliphatic carbocycles. The lowest BCUT2D eigenvalue weighted by Crippen LogP contribution is -2.66. The van der Waals surface area contributed by atoms with Gasteiger partial charge in [-0.2, -0.15) is 0 Å². The Labute approximate surface area is 561 Å².